The lowest BCUT2D eigenvalue weighted by atomic mass is 10.1. The molecule has 0 saturated heterocycles. The molecule has 0 atom stereocenters. The zero-order valence-corrected chi connectivity index (χ0v) is 17.2. The molecule has 0 amide bonds. The van der Waals surface area contributed by atoms with E-state index < -0.39 is 0 Å². The van der Waals surface area contributed by atoms with Crippen molar-refractivity contribution in [1.82, 2.24) is 18.9 Å². The highest BCUT2D eigenvalue weighted by molar-refractivity contribution is 5.78. The van der Waals surface area contributed by atoms with Crippen LogP contribution in [0.1, 0.15) is 31.4 Å². The van der Waals surface area contributed by atoms with Crippen molar-refractivity contribution in [3.63, 3.8) is 0 Å². The van der Waals surface area contributed by atoms with E-state index in [0.717, 1.165) is 48.3 Å². The van der Waals surface area contributed by atoms with Crippen molar-refractivity contribution in [3.8, 4) is 5.69 Å². The molecule has 4 aromatic rings. The van der Waals surface area contributed by atoms with E-state index in [1.54, 1.807) is 4.68 Å². The average molecular weight is 399 g/mol. The molecule has 2 aromatic carbocycles. The lowest BCUT2D eigenvalue weighted by Crippen LogP contribution is -2.29. The molecule has 0 aliphatic carbocycles. The van der Waals surface area contributed by atoms with Gasteiger partial charge in [-0.15, -0.1) is 0 Å². The van der Waals surface area contributed by atoms with Gasteiger partial charge in [-0.25, -0.2) is 9.67 Å². The summed E-state index contributed by atoms with van der Waals surface area (Å²) in [5.74, 6) is 0. The number of para-hydroxylation sites is 2. The van der Waals surface area contributed by atoms with E-state index in [9.17, 15) is 4.79 Å². The first-order valence-electron chi connectivity index (χ1n) is 10.6. The van der Waals surface area contributed by atoms with Gasteiger partial charge in [0, 0.05) is 19.3 Å². The van der Waals surface area contributed by atoms with Crippen LogP contribution in [0.2, 0.25) is 0 Å². The largest absolute Gasteiger partial charge is 0.313 e. The third-order valence-electron chi connectivity index (χ3n) is 5.83. The summed E-state index contributed by atoms with van der Waals surface area (Å²) in [5, 5.41) is 0.718. The lowest BCUT2D eigenvalue weighted by Gasteiger charge is -2.17. The average Bonchev–Trinajstić information content (AvgIpc) is 2.99. The molecule has 0 radical (unpaired) electrons. The molecule has 5 rings (SSSR count). The molecule has 1 aliphatic rings. The molecule has 1 aliphatic heterocycles. The van der Waals surface area contributed by atoms with Gasteiger partial charge < -0.3 is 4.57 Å². The van der Waals surface area contributed by atoms with Crippen LogP contribution in [-0.4, -0.2) is 18.9 Å². The van der Waals surface area contributed by atoms with Gasteiger partial charge in [-0.3, -0.25) is 9.48 Å². The fraction of sp³-hybridized carbons (Fsp3) is 0.292. The monoisotopic (exact) mass is 399 g/mol. The second kappa shape index (κ2) is 7.78. The number of rotatable bonds is 2. The second-order valence-corrected chi connectivity index (χ2v) is 7.80. The van der Waals surface area contributed by atoms with Crippen LogP contribution in [0, 0.1) is 0 Å². The van der Waals surface area contributed by atoms with E-state index in [1.165, 1.54) is 12.8 Å². The van der Waals surface area contributed by atoms with Gasteiger partial charge in [-0.1, -0.05) is 49.2 Å². The molecule has 0 spiro atoms. The van der Waals surface area contributed by atoms with E-state index in [-0.39, 0.29) is 5.56 Å². The Bertz CT molecular complexity index is 1310. The summed E-state index contributed by atoms with van der Waals surface area (Å²) in [4.78, 5) is 23.3. The Balaban J connectivity index is 1.86. The van der Waals surface area contributed by atoms with E-state index in [1.807, 2.05) is 72.4 Å². The third kappa shape index (κ3) is 3.18. The number of aryl methyl sites for hydroxylation is 2. The van der Waals surface area contributed by atoms with Gasteiger partial charge in [0.05, 0.1) is 11.4 Å². The van der Waals surface area contributed by atoms with Crippen LogP contribution in [0.25, 0.3) is 16.7 Å². The van der Waals surface area contributed by atoms with Gasteiger partial charge in [0.25, 0.3) is 5.56 Å². The molecule has 0 saturated carbocycles. The normalized spacial score (nSPS) is 15.0. The Morgan fingerprint density at radius 1 is 0.900 bits per heavy atom. The maximum absolute atomic E-state index is 13.5. The van der Waals surface area contributed by atoms with E-state index in [2.05, 4.69) is 4.57 Å². The Hall–Kier alpha value is -3.41. The fourth-order valence-corrected chi connectivity index (χ4v) is 4.36. The van der Waals surface area contributed by atoms with Crippen molar-refractivity contribution in [3.05, 3.63) is 82.3 Å². The summed E-state index contributed by atoms with van der Waals surface area (Å²) in [6.07, 6.45) is 5.39. The van der Waals surface area contributed by atoms with Gasteiger partial charge in [0.1, 0.15) is 5.39 Å². The molecule has 0 bridgehead atoms. The lowest BCUT2D eigenvalue weighted by molar-refractivity contribution is 0.501. The van der Waals surface area contributed by atoms with E-state index >= 15 is 0 Å². The Morgan fingerprint density at radius 2 is 1.60 bits per heavy atom. The van der Waals surface area contributed by atoms with Gasteiger partial charge in [0.15, 0.2) is 5.65 Å². The first kappa shape index (κ1) is 18.6. The van der Waals surface area contributed by atoms with Gasteiger partial charge in [-0.2, -0.15) is 4.98 Å². The maximum atomic E-state index is 13.5. The molecule has 6 heteroatoms. The molecule has 0 N–H and O–H groups in total. The molecule has 6 nitrogen and oxygen atoms in total. The predicted molar refractivity (Wildman–Crippen MR) is 118 cm³/mol. The molecular formula is C24H25N5O. The summed E-state index contributed by atoms with van der Waals surface area (Å²) in [6.45, 7) is 0.837. The number of hydrogen-bond acceptors (Lipinski definition) is 3. The Morgan fingerprint density at radius 3 is 2.37 bits per heavy atom. The number of nitrogens with zero attached hydrogens (tertiary/aromatic N) is 5. The SMILES string of the molecule is Cn1c2nc(=Nc3ccccc3)n3c(c2c(=O)n1-c1ccccc1)CCCCCC3. The standard InChI is InChI=1S/C24H25N5O/c1-27-22-21(23(30)29(27)19-14-8-5-9-15-19)20-16-10-2-3-11-17-28(20)24(26-22)25-18-12-6-4-7-13-18/h4-9,12-15H,2-3,10-11,16-17H2,1H3. The third-order valence-corrected chi connectivity index (χ3v) is 5.83. The summed E-state index contributed by atoms with van der Waals surface area (Å²) < 4.78 is 5.74. The minimum Gasteiger partial charge on any atom is -0.313 e. The molecule has 2 aromatic heterocycles. The summed E-state index contributed by atoms with van der Waals surface area (Å²) in [7, 11) is 1.90. The molecular weight excluding hydrogens is 374 g/mol. The van der Waals surface area contributed by atoms with Crippen LogP contribution in [0.5, 0.6) is 0 Å². The van der Waals surface area contributed by atoms with Crippen molar-refractivity contribution in [2.24, 2.45) is 12.0 Å². The Kier molecular flexibility index (Phi) is 4.83. The van der Waals surface area contributed by atoms with Crippen LogP contribution in [-0.2, 0) is 20.0 Å². The first-order valence-corrected chi connectivity index (χ1v) is 10.6. The zero-order valence-electron chi connectivity index (χ0n) is 17.2. The Labute approximate surface area is 174 Å². The minimum atomic E-state index is -0.0122. The topological polar surface area (TPSA) is 57.1 Å². The van der Waals surface area contributed by atoms with E-state index in [4.69, 9.17) is 9.98 Å². The maximum Gasteiger partial charge on any atom is 0.282 e. The molecule has 3 heterocycles. The first-order chi connectivity index (χ1) is 14.7. The van der Waals surface area contributed by atoms with Crippen LogP contribution in [0.15, 0.2) is 70.5 Å². The van der Waals surface area contributed by atoms with Crippen LogP contribution in [0.4, 0.5) is 5.69 Å². The molecule has 30 heavy (non-hydrogen) atoms. The van der Waals surface area contributed by atoms with Crippen molar-refractivity contribution in [1.29, 1.82) is 0 Å². The fourth-order valence-electron chi connectivity index (χ4n) is 4.36. The van der Waals surface area contributed by atoms with E-state index in [0.29, 0.717) is 11.3 Å². The van der Waals surface area contributed by atoms with Gasteiger partial charge in [0.2, 0.25) is 5.62 Å². The predicted octanol–water partition coefficient (Wildman–Crippen LogP) is 3.87. The minimum absolute atomic E-state index is 0.0122. The van der Waals surface area contributed by atoms with Crippen molar-refractivity contribution in [2.45, 2.75) is 38.6 Å². The molecule has 152 valence electrons. The summed E-state index contributed by atoms with van der Waals surface area (Å²) in [6, 6.07) is 19.7. The number of fused-ring (bicyclic) bond motifs is 3. The van der Waals surface area contributed by atoms with Crippen molar-refractivity contribution < 1.29 is 0 Å². The quantitative estimate of drug-likeness (QED) is 0.514. The highest BCUT2D eigenvalue weighted by Crippen LogP contribution is 2.20. The molecule has 0 fully saturated rings. The van der Waals surface area contributed by atoms with Crippen LogP contribution < -0.4 is 11.2 Å². The summed E-state index contributed by atoms with van der Waals surface area (Å²) in [5.41, 5.74) is 4.12. The number of hydrogen-bond donors (Lipinski definition) is 0. The van der Waals surface area contributed by atoms with Gasteiger partial charge >= 0.3 is 0 Å². The van der Waals surface area contributed by atoms with Crippen LogP contribution >= 0.6 is 0 Å². The highest BCUT2D eigenvalue weighted by atomic mass is 16.1. The van der Waals surface area contributed by atoms with Crippen molar-refractivity contribution in [2.75, 3.05) is 0 Å². The van der Waals surface area contributed by atoms with Gasteiger partial charge in [-0.05, 0) is 43.5 Å². The van der Waals surface area contributed by atoms with Crippen LogP contribution in [0.3, 0.4) is 0 Å². The molecule has 0 unspecified atom stereocenters. The number of benzene rings is 2. The smallest absolute Gasteiger partial charge is 0.282 e. The van der Waals surface area contributed by atoms with Crippen molar-refractivity contribution >= 4 is 16.7 Å². The number of aromatic nitrogens is 4. The highest BCUT2D eigenvalue weighted by Gasteiger charge is 2.21. The zero-order chi connectivity index (χ0) is 20.5. The second-order valence-electron chi connectivity index (χ2n) is 7.80. The summed E-state index contributed by atoms with van der Waals surface area (Å²) >= 11 is 0.